The van der Waals surface area contributed by atoms with Crippen LogP contribution in [0.2, 0.25) is 0 Å². The first kappa shape index (κ1) is 23.7. The molecule has 1 saturated heterocycles. The second kappa shape index (κ2) is 9.54. The molecule has 36 heavy (non-hydrogen) atoms. The van der Waals surface area contributed by atoms with Crippen LogP contribution in [0.5, 0.6) is 0 Å². The van der Waals surface area contributed by atoms with Gasteiger partial charge in [0.25, 0.3) is 0 Å². The highest BCUT2D eigenvalue weighted by Crippen LogP contribution is 2.31. The Morgan fingerprint density at radius 1 is 0.944 bits per heavy atom. The van der Waals surface area contributed by atoms with Crippen molar-refractivity contribution in [1.29, 1.82) is 0 Å². The molecule has 0 bridgehead atoms. The van der Waals surface area contributed by atoms with E-state index in [1.807, 2.05) is 12.1 Å². The summed E-state index contributed by atoms with van der Waals surface area (Å²) in [6.45, 7) is 1.98. The summed E-state index contributed by atoms with van der Waals surface area (Å²) in [6.07, 6.45) is -0.746. The van der Waals surface area contributed by atoms with E-state index in [1.54, 1.807) is 6.07 Å². The van der Waals surface area contributed by atoms with Gasteiger partial charge < -0.3 is 10.4 Å². The highest BCUT2D eigenvalue weighted by Gasteiger charge is 2.30. The number of nitrogens with zero attached hydrogens (tertiary/aromatic N) is 4. The van der Waals surface area contributed by atoms with Crippen molar-refractivity contribution in [2.45, 2.75) is 24.9 Å². The maximum Gasteiger partial charge on any atom is 0.416 e. The van der Waals surface area contributed by atoms with Crippen LogP contribution in [0, 0.1) is 0 Å². The van der Waals surface area contributed by atoms with Crippen molar-refractivity contribution in [2.24, 2.45) is 0 Å². The normalized spacial score (nSPS) is 14.6. The van der Waals surface area contributed by atoms with E-state index in [-0.39, 0.29) is 5.69 Å². The van der Waals surface area contributed by atoms with Crippen LogP contribution in [0.25, 0.3) is 28.2 Å². The predicted octanol–water partition coefficient (Wildman–Crippen LogP) is 5.18. The number of pyridine rings is 1. The van der Waals surface area contributed by atoms with Gasteiger partial charge in [-0.05, 0) is 61.7 Å². The summed E-state index contributed by atoms with van der Waals surface area (Å²) in [6, 6.07) is 15.7. The van der Waals surface area contributed by atoms with Crippen molar-refractivity contribution in [2.75, 3.05) is 13.1 Å². The predicted molar refractivity (Wildman–Crippen MR) is 127 cm³/mol. The topological polar surface area (TPSA) is 92.9 Å². The van der Waals surface area contributed by atoms with Gasteiger partial charge in [-0.3, -0.25) is 0 Å². The Hall–Kier alpha value is -4.05. The van der Waals surface area contributed by atoms with Gasteiger partial charge in [0, 0.05) is 11.1 Å². The Kier molecular flexibility index (Phi) is 6.27. The fourth-order valence-electron chi connectivity index (χ4n) is 4.34. The molecule has 0 spiro atoms. The van der Waals surface area contributed by atoms with Crippen LogP contribution in [-0.4, -0.2) is 44.1 Å². The molecule has 3 heterocycles. The number of carboxylic acids is 1. The standard InChI is InChI=1S/C26H22F3N5O2/c27-26(28,29)20-7-5-19(6-8-20)24-15-34(33-32-24)21-13-22(31-23(14-21)25(35)36)18-3-1-16(2-4-18)17-9-11-30-12-10-17/h1-8,13-15,17,30H,9-12H2,(H,35,36). The summed E-state index contributed by atoms with van der Waals surface area (Å²) in [4.78, 5) is 16.1. The summed E-state index contributed by atoms with van der Waals surface area (Å²) in [5.74, 6) is -0.694. The largest absolute Gasteiger partial charge is 0.477 e. The minimum Gasteiger partial charge on any atom is -0.477 e. The van der Waals surface area contributed by atoms with Crippen molar-refractivity contribution >= 4 is 5.97 Å². The first-order valence-electron chi connectivity index (χ1n) is 11.4. The SMILES string of the molecule is O=C(O)c1cc(-n2cc(-c3ccc(C(F)(F)F)cc3)nn2)cc(-c2ccc(C3CCNCC3)cc2)n1. The molecule has 0 atom stereocenters. The van der Waals surface area contributed by atoms with E-state index in [0.29, 0.717) is 28.6 Å². The number of hydrogen-bond acceptors (Lipinski definition) is 5. The quantitative estimate of drug-likeness (QED) is 0.398. The first-order valence-corrected chi connectivity index (χ1v) is 11.4. The zero-order valence-corrected chi connectivity index (χ0v) is 19.0. The maximum atomic E-state index is 12.9. The average molecular weight is 493 g/mol. The van der Waals surface area contributed by atoms with E-state index in [4.69, 9.17) is 0 Å². The summed E-state index contributed by atoms with van der Waals surface area (Å²) in [5.41, 5.74) is 2.79. The van der Waals surface area contributed by atoms with Crippen LogP contribution in [0.3, 0.4) is 0 Å². The molecule has 2 N–H and O–H groups in total. The lowest BCUT2D eigenvalue weighted by molar-refractivity contribution is -0.137. The molecule has 10 heteroatoms. The number of aromatic carboxylic acids is 1. The van der Waals surface area contributed by atoms with Gasteiger partial charge in [-0.2, -0.15) is 13.2 Å². The highest BCUT2D eigenvalue weighted by atomic mass is 19.4. The number of alkyl halides is 3. The molecule has 0 unspecified atom stereocenters. The van der Waals surface area contributed by atoms with Gasteiger partial charge in [-0.1, -0.05) is 41.6 Å². The number of benzene rings is 2. The minimum atomic E-state index is -4.43. The van der Waals surface area contributed by atoms with Crippen LogP contribution in [0.1, 0.15) is 40.4 Å². The third-order valence-corrected chi connectivity index (χ3v) is 6.31. The molecule has 7 nitrogen and oxygen atoms in total. The molecule has 0 radical (unpaired) electrons. The molecule has 1 aliphatic rings. The highest BCUT2D eigenvalue weighted by molar-refractivity contribution is 5.87. The second-order valence-electron chi connectivity index (χ2n) is 8.67. The Balaban J connectivity index is 1.45. The Morgan fingerprint density at radius 3 is 2.22 bits per heavy atom. The Bertz CT molecular complexity index is 1380. The molecule has 4 aromatic rings. The maximum absolute atomic E-state index is 12.9. The summed E-state index contributed by atoms with van der Waals surface area (Å²) >= 11 is 0. The van der Waals surface area contributed by atoms with Gasteiger partial charge in [0.2, 0.25) is 0 Å². The van der Waals surface area contributed by atoms with Gasteiger partial charge in [0.05, 0.1) is 23.1 Å². The molecule has 0 amide bonds. The lowest BCUT2D eigenvalue weighted by atomic mass is 9.89. The van der Waals surface area contributed by atoms with E-state index < -0.39 is 17.7 Å². The molecular weight excluding hydrogens is 471 g/mol. The van der Waals surface area contributed by atoms with Gasteiger partial charge in [-0.15, -0.1) is 5.10 Å². The molecule has 0 saturated carbocycles. The second-order valence-corrected chi connectivity index (χ2v) is 8.67. The van der Waals surface area contributed by atoms with Crippen molar-refractivity contribution in [3.05, 3.63) is 83.7 Å². The number of rotatable bonds is 5. The fourth-order valence-corrected chi connectivity index (χ4v) is 4.34. The van der Waals surface area contributed by atoms with E-state index in [1.165, 1.54) is 34.6 Å². The third-order valence-electron chi connectivity index (χ3n) is 6.31. The monoisotopic (exact) mass is 493 g/mol. The number of aromatic nitrogens is 4. The zero-order chi connectivity index (χ0) is 25.3. The Morgan fingerprint density at radius 2 is 1.58 bits per heavy atom. The number of piperidine rings is 1. The Labute approximate surface area is 204 Å². The van der Waals surface area contributed by atoms with Gasteiger partial charge in [0.1, 0.15) is 5.69 Å². The fraction of sp³-hybridized carbons (Fsp3) is 0.231. The van der Waals surface area contributed by atoms with Crippen molar-refractivity contribution in [3.8, 4) is 28.2 Å². The molecular formula is C26H22F3N5O2. The average Bonchev–Trinajstić information content (AvgIpc) is 3.39. The number of carbonyl (C=O) groups is 1. The van der Waals surface area contributed by atoms with Crippen molar-refractivity contribution < 1.29 is 23.1 Å². The summed E-state index contributed by atoms with van der Waals surface area (Å²) in [7, 11) is 0. The molecule has 5 rings (SSSR count). The molecule has 1 fully saturated rings. The number of halogens is 3. The van der Waals surface area contributed by atoms with E-state index >= 15 is 0 Å². The zero-order valence-electron chi connectivity index (χ0n) is 19.0. The lowest BCUT2D eigenvalue weighted by Crippen LogP contribution is -2.26. The van der Waals surface area contributed by atoms with Gasteiger partial charge >= 0.3 is 12.1 Å². The molecule has 184 valence electrons. The number of carboxylic acid groups (broad SMARTS) is 1. The van der Waals surface area contributed by atoms with Crippen LogP contribution < -0.4 is 5.32 Å². The van der Waals surface area contributed by atoms with Crippen LogP contribution in [0.4, 0.5) is 13.2 Å². The van der Waals surface area contributed by atoms with Gasteiger partial charge in [-0.25, -0.2) is 14.5 Å². The number of nitrogens with one attached hydrogen (secondary N) is 1. The number of hydrogen-bond donors (Lipinski definition) is 2. The summed E-state index contributed by atoms with van der Waals surface area (Å²) in [5, 5.41) is 21.1. The minimum absolute atomic E-state index is 0.156. The summed E-state index contributed by atoms with van der Waals surface area (Å²) < 4.78 is 40.0. The van der Waals surface area contributed by atoms with Crippen LogP contribution in [0.15, 0.2) is 66.9 Å². The van der Waals surface area contributed by atoms with E-state index in [9.17, 15) is 23.1 Å². The lowest BCUT2D eigenvalue weighted by Gasteiger charge is -2.23. The molecule has 1 aliphatic heterocycles. The van der Waals surface area contributed by atoms with Crippen LogP contribution >= 0.6 is 0 Å². The molecule has 0 aliphatic carbocycles. The molecule has 2 aromatic heterocycles. The van der Waals surface area contributed by atoms with E-state index in [0.717, 1.165) is 43.6 Å². The molecule has 2 aromatic carbocycles. The third kappa shape index (κ3) is 4.99. The van der Waals surface area contributed by atoms with Crippen molar-refractivity contribution in [1.82, 2.24) is 25.3 Å². The van der Waals surface area contributed by atoms with E-state index in [2.05, 4.69) is 32.7 Å². The van der Waals surface area contributed by atoms with Crippen molar-refractivity contribution in [3.63, 3.8) is 0 Å². The van der Waals surface area contributed by atoms with Crippen LogP contribution in [-0.2, 0) is 6.18 Å². The van der Waals surface area contributed by atoms with Gasteiger partial charge in [0.15, 0.2) is 5.69 Å². The smallest absolute Gasteiger partial charge is 0.416 e. The first-order chi connectivity index (χ1) is 17.3.